The first kappa shape index (κ1) is 11.5. The Morgan fingerprint density at radius 1 is 1.41 bits per heavy atom. The lowest BCUT2D eigenvalue weighted by Crippen LogP contribution is -2.34. The van der Waals surface area contributed by atoms with Gasteiger partial charge in [-0.2, -0.15) is 0 Å². The van der Waals surface area contributed by atoms with E-state index in [0.717, 1.165) is 16.3 Å². The second-order valence-corrected chi connectivity index (χ2v) is 6.02. The van der Waals surface area contributed by atoms with Crippen molar-refractivity contribution in [2.45, 2.75) is 38.3 Å². The van der Waals surface area contributed by atoms with Crippen molar-refractivity contribution in [3.05, 3.63) is 22.3 Å². The van der Waals surface area contributed by atoms with Gasteiger partial charge >= 0.3 is 0 Å². The minimum absolute atomic E-state index is 0.588. The number of hydrogen-bond acceptors (Lipinski definition) is 3. The largest absolute Gasteiger partial charge is 0.365 e. The molecule has 3 rings (SSSR count). The smallest absolute Gasteiger partial charge is 0.129 e. The Hall–Kier alpha value is -0.610. The van der Waals surface area contributed by atoms with E-state index in [1.165, 1.54) is 37.9 Å². The summed E-state index contributed by atoms with van der Waals surface area (Å²) in [5, 5.41) is 3.63. The lowest BCUT2D eigenvalue weighted by atomic mass is 10.1. The van der Waals surface area contributed by atoms with Crippen LogP contribution in [0.15, 0.2) is 16.7 Å². The van der Waals surface area contributed by atoms with Gasteiger partial charge in [0.05, 0.1) is 0 Å². The summed E-state index contributed by atoms with van der Waals surface area (Å²) in [6, 6.07) is 3.45. The highest BCUT2D eigenvalue weighted by atomic mass is 79.9. The summed E-state index contributed by atoms with van der Waals surface area (Å²) in [5.74, 6) is 1.05. The van der Waals surface area contributed by atoms with Gasteiger partial charge in [-0.15, -0.1) is 0 Å². The number of hydrogen-bond donors (Lipinski definition) is 1. The number of nitrogens with zero attached hydrogens (tertiary/aromatic N) is 2. The van der Waals surface area contributed by atoms with Crippen molar-refractivity contribution in [2.75, 3.05) is 18.4 Å². The van der Waals surface area contributed by atoms with E-state index < -0.39 is 0 Å². The molecule has 0 aromatic carbocycles. The van der Waals surface area contributed by atoms with Crippen molar-refractivity contribution in [3.8, 4) is 0 Å². The number of pyridine rings is 1. The topological polar surface area (TPSA) is 28.2 Å². The molecule has 0 amide bonds. The highest BCUT2D eigenvalue weighted by Crippen LogP contribution is 2.30. The second kappa shape index (κ2) is 4.58. The van der Waals surface area contributed by atoms with Crippen LogP contribution in [0.4, 0.5) is 5.82 Å². The Labute approximate surface area is 111 Å². The lowest BCUT2D eigenvalue weighted by molar-refractivity contribution is 0.318. The molecule has 4 heteroatoms. The summed E-state index contributed by atoms with van der Waals surface area (Å²) in [6.07, 6.45) is 5.82. The Morgan fingerprint density at radius 3 is 3.12 bits per heavy atom. The van der Waals surface area contributed by atoms with Crippen LogP contribution in [0, 0.1) is 6.92 Å². The molecule has 1 aromatic rings. The van der Waals surface area contributed by atoms with Gasteiger partial charge in [-0.3, -0.25) is 4.90 Å². The third kappa shape index (κ3) is 2.20. The van der Waals surface area contributed by atoms with E-state index in [9.17, 15) is 0 Å². The first-order valence-electron chi connectivity index (χ1n) is 6.37. The molecule has 0 saturated carbocycles. The number of aryl methyl sites for hydroxylation is 1. The SMILES string of the molecule is Cc1cc(Br)cnc1NC1CCN2CCCC12. The fourth-order valence-electron chi connectivity index (χ4n) is 3.12. The van der Waals surface area contributed by atoms with Gasteiger partial charge in [0.15, 0.2) is 0 Å². The third-order valence-corrected chi connectivity index (χ3v) is 4.41. The zero-order chi connectivity index (χ0) is 11.8. The number of nitrogens with one attached hydrogen (secondary N) is 1. The van der Waals surface area contributed by atoms with Crippen LogP contribution in [0.5, 0.6) is 0 Å². The van der Waals surface area contributed by atoms with Crippen molar-refractivity contribution in [2.24, 2.45) is 0 Å². The molecule has 17 heavy (non-hydrogen) atoms. The van der Waals surface area contributed by atoms with Gasteiger partial charge in [0.2, 0.25) is 0 Å². The molecule has 2 aliphatic rings. The number of halogens is 1. The zero-order valence-electron chi connectivity index (χ0n) is 10.1. The lowest BCUT2D eigenvalue weighted by Gasteiger charge is -2.22. The van der Waals surface area contributed by atoms with Crippen LogP contribution in [0.1, 0.15) is 24.8 Å². The van der Waals surface area contributed by atoms with Crippen LogP contribution >= 0.6 is 15.9 Å². The Morgan fingerprint density at radius 2 is 2.29 bits per heavy atom. The molecule has 0 radical (unpaired) electrons. The van der Waals surface area contributed by atoms with E-state index in [4.69, 9.17) is 0 Å². The standard InChI is InChI=1S/C13H18BrN3/c1-9-7-10(14)8-15-13(9)16-11-4-6-17-5-2-3-12(11)17/h7-8,11-12H,2-6H2,1H3,(H,15,16). The molecule has 0 aliphatic carbocycles. The molecule has 3 nitrogen and oxygen atoms in total. The molecular weight excluding hydrogens is 278 g/mol. The van der Waals surface area contributed by atoms with Crippen molar-refractivity contribution >= 4 is 21.7 Å². The van der Waals surface area contributed by atoms with Crippen LogP contribution in [-0.2, 0) is 0 Å². The molecule has 1 N–H and O–H groups in total. The molecule has 2 aliphatic heterocycles. The minimum atomic E-state index is 0.588. The van der Waals surface area contributed by atoms with E-state index in [0.29, 0.717) is 6.04 Å². The van der Waals surface area contributed by atoms with Gasteiger partial charge < -0.3 is 5.32 Å². The Balaban J connectivity index is 1.74. The quantitative estimate of drug-likeness (QED) is 0.909. The van der Waals surface area contributed by atoms with Gasteiger partial charge in [0.25, 0.3) is 0 Å². The summed E-state index contributed by atoms with van der Waals surface area (Å²) in [6.45, 7) is 4.65. The summed E-state index contributed by atoms with van der Waals surface area (Å²) in [5.41, 5.74) is 1.22. The van der Waals surface area contributed by atoms with Crippen molar-refractivity contribution < 1.29 is 0 Å². The Kier molecular flexibility index (Phi) is 3.09. The predicted molar refractivity (Wildman–Crippen MR) is 73.3 cm³/mol. The molecule has 92 valence electrons. The fraction of sp³-hybridized carbons (Fsp3) is 0.615. The minimum Gasteiger partial charge on any atom is -0.365 e. The Bertz CT molecular complexity index is 421. The summed E-state index contributed by atoms with van der Waals surface area (Å²) < 4.78 is 1.05. The van der Waals surface area contributed by atoms with Crippen molar-refractivity contribution in [1.82, 2.24) is 9.88 Å². The van der Waals surface area contributed by atoms with Gasteiger partial charge in [-0.05, 0) is 60.3 Å². The van der Waals surface area contributed by atoms with E-state index in [1.807, 2.05) is 6.20 Å². The van der Waals surface area contributed by atoms with Crippen LogP contribution in [0.2, 0.25) is 0 Å². The molecule has 2 saturated heterocycles. The van der Waals surface area contributed by atoms with E-state index in [2.05, 4.69) is 44.1 Å². The van der Waals surface area contributed by atoms with Gasteiger partial charge in [0.1, 0.15) is 5.82 Å². The van der Waals surface area contributed by atoms with E-state index in [1.54, 1.807) is 0 Å². The monoisotopic (exact) mass is 295 g/mol. The summed E-state index contributed by atoms with van der Waals surface area (Å²) in [4.78, 5) is 7.10. The first-order valence-corrected chi connectivity index (χ1v) is 7.16. The van der Waals surface area contributed by atoms with Crippen molar-refractivity contribution in [1.29, 1.82) is 0 Å². The van der Waals surface area contributed by atoms with Gasteiger partial charge in [0, 0.05) is 29.3 Å². The molecule has 0 bridgehead atoms. The van der Waals surface area contributed by atoms with E-state index >= 15 is 0 Å². The van der Waals surface area contributed by atoms with Gasteiger partial charge in [-0.25, -0.2) is 4.98 Å². The maximum absolute atomic E-state index is 4.48. The fourth-order valence-corrected chi connectivity index (χ4v) is 3.56. The highest BCUT2D eigenvalue weighted by Gasteiger charge is 2.37. The van der Waals surface area contributed by atoms with Crippen molar-refractivity contribution in [3.63, 3.8) is 0 Å². The molecular formula is C13H18BrN3. The number of anilines is 1. The summed E-state index contributed by atoms with van der Waals surface area (Å²) in [7, 11) is 0. The predicted octanol–water partition coefficient (Wildman–Crippen LogP) is 2.80. The highest BCUT2D eigenvalue weighted by molar-refractivity contribution is 9.10. The van der Waals surface area contributed by atoms with Crippen LogP contribution in [-0.4, -0.2) is 35.1 Å². The molecule has 2 fully saturated rings. The molecule has 2 atom stereocenters. The van der Waals surface area contributed by atoms with E-state index in [-0.39, 0.29) is 0 Å². The maximum Gasteiger partial charge on any atom is 0.129 e. The average molecular weight is 296 g/mol. The summed E-state index contributed by atoms with van der Waals surface area (Å²) >= 11 is 3.46. The average Bonchev–Trinajstić information content (AvgIpc) is 2.86. The zero-order valence-corrected chi connectivity index (χ0v) is 11.7. The molecule has 1 aromatic heterocycles. The van der Waals surface area contributed by atoms with Crippen LogP contribution in [0.3, 0.4) is 0 Å². The molecule has 0 spiro atoms. The molecule has 3 heterocycles. The van der Waals surface area contributed by atoms with Crippen LogP contribution < -0.4 is 5.32 Å². The maximum atomic E-state index is 4.48. The molecule has 2 unspecified atom stereocenters. The van der Waals surface area contributed by atoms with Crippen LogP contribution in [0.25, 0.3) is 0 Å². The van der Waals surface area contributed by atoms with Gasteiger partial charge in [-0.1, -0.05) is 0 Å². The number of rotatable bonds is 2. The normalized spacial score (nSPS) is 28.4. The third-order valence-electron chi connectivity index (χ3n) is 3.97. The number of aromatic nitrogens is 1. The number of fused-ring (bicyclic) bond motifs is 1. The first-order chi connectivity index (χ1) is 8.24. The second-order valence-electron chi connectivity index (χ2n) is 5.10.